The molecule has 8 nitrogen and oxygen atoms in total. The summed E-state index contributed by atoms with van der Waals surface area (Å²) in [5.41, 5.74) is 3.23. The van der Waals surface area contributed by atoms with Crippen LogP contribution in [0, 0.1) is 17.8 Å². The summed E-state index contributed by atoms with van der Waals surface area (Å²) in [5, 5.41) is 26.6. The van der Waals surface area contributed by atoms with Crippen LogP contribution in [0.25, 0.3) is 0 Å². The zero-order valence-electron chi connectivity index (χ0n) is 24.3. The van der Waals surface area contributed by atoms with Gasteiger partial charge < -0.3 is 19.8 Å². The molecule has 0 saturated heterocycles. The molecule has 0 bridgehead atoms. The van der Waals surface area contributed by atoms with Gasteiger partial charge in [-0.2, -0.15) is 0 Å². The van der Waals surface area contributed by atoms with Gasteiger partial charge in [0.15, 0.2) is 0 Å². The number of sulfonamides is 1. The summed E-state index contributed by atoms with van der Waals surface area (Å²) in [6.45, 7) is 1.86. The molecule has 0 amide bonds. The fourth-order valence-corrected chi connectivity index (χ4v) is 9.07. The minimum absolute atomic E-state index is 0.0672. The Kier molecular flexibility index (Phi) is 8.54. The monoisotopic (exact) mass is 628 g/mol. The number of benzene rings is 2. The van der Waals surface area contributed by atoms with E-state index in [1.807, 2.05) is 18.2 Å². The number of rotatable bonds is 7. The number of aryl methyl sites for hydroxylation is 1. The summed E-state index contributed by atoms with van der Waals surface area (Å²) in [6.07, 6.45) is 10.8. The van der Waals surface area contributed by atoms with Crippen LogP contribution in [0.1, 0.15) is 72.9 Å². The number of hydrogen-bond acceptors (Lipinski definition) is 6. The standard InChI is InChI=1S/C33H41ClN2O6S/c34-25-9-11-28-22(16-25)4-2-14-33(28)19-36(29-17-23(32(38)39)8-13-31(29)42-20-33)18-24-7-10-27(24)30(37)12-6-21-3-1-5-26(15-21)43(35,40)41/h6,8-9,11-13,16-17,21,24,26-27,30,37H,1-5,7,10,14-15,18-20H2,(H,38,39)(H2,35,40,41)/b12-6+/t21-,24+,26?,27-,30+,33+/m1/s1. The molecule has 43 heavy (non-hydrogen) atoms. The normalized spacial score (nSPS) is 29.7. The molecule has 0 aromatic heterocycles. The molecule has 1 spiro atoms. The number of aliphatic hydroxyl groups is 1. The average molecular weight is 629 g/mol. The minimum Gasteiger partial charge on any atom is -0.490 e. The van der Waals surface area contributed by atoms with Crippen molar-refractivity contribution in [2.75, 3.05) is 24.6 Å². The van der Waals surface area contributed by atoms with Gasteiger partial charge in [-0.15, -0.1) is 0 Å². The third-order valence-electron chi connectivity index (χ3n) is 10.4. The lowest BCUT2D eigenvalue weighted by Crippen LogP contribution is -2.49. The van der Waals surface area contributed by atoms with Crippen LogP contribution in [0.4, 0.5) is 5.69 Å². The third kappa shape index (κ3) is 6.32. The Balaban J connectivity index is 1.24. The third-order valence-corrected chi connectivity index (χ3v) is 12.0. The number of nitrogens with two attached hydrogens (primary N) is 1. The molecule has 3 aliphatic carbocycles. The molecule has 6 rings (SSSR count). The van der Waals surface area contributed by atoms with Gasteiger partial charge in [-0.25, -0.2) is 18.4 Å². The zero-order valence-corrected chi connectivity index (χ0v) is 25.9. The second-order valence-electron chi connectivity index (χ2n) is 13.1. The first-order valence-corrected chi connectivity index (χ1v) is 17.4. The molecule has 2 aromatic rings. The Bertz CT molecular complexity index is 1510. The number of halogens is 1. The van der Waals surface area contributed by atoms with Crippen molar-refractivity contribution in [1.82, 2.24) is 0 Å². The lowest BCUT2D eigenvalue weighted by Gasteiger charge is -2.45. The molecule has 4 N–H and O–H groups in total. The van der Waals surface area contributed by atoms with Crippen LogP contribution in [0.2, 0.25) is 5.02 Å². The topological polar surface area (TPSA) is 130 Å². The lowest BCUT2D eigenvalue weighted by molar-refractivity contribution is 0.0453. The maximum atomic E-state index is 11.9. The molecule has 1 aliphatic heterocycles. The number of ether oxygens (including phenoxy) is 1. The van der Waals surface area contributed by atoms with Gasteiger partial charge in [-0.05, 0) is 111 Å². The number of primary sulfonamides is 1. The molecule has 0 radical (unpaired) electrons. The molecule has 2 saturated carbocycles. The van der Waals surface area contributed by atoms with Crippen LogP contribution in [-0.4, -0.2) is 55.7 Å². The van der Waals surface area contributed by atoms with Gasteiger partial charge in [0.05, 0.1) is 29.2 Å². The smallest absolute Gasteiger partial charge is 0.335 e. The lowest BCUT2D eigenvalue weighted by atomic mass is 9.68. The summed E-state index contributed by atoms with van der Waals surface area (Å²) < 4.78 is 30.2. The van der Waals surface area contributed by atoms with Crippen LogP contribution in [0.3, 0.4) is 0 Å². The Morgan fingerprint density at radius 3 is 2.74 bits per heavy atom. The van der Waals surface area contributed by atoms with Gasteiger partial charge in [0, 0.05) is 23.5 Å². The number of aromatic carboxylic acids is 1. The SMILES string of the molecule is NS(=O)(=O)C1CCC[C@H](/C=C/[C@H](O)[C@@H]2CC[C@H]2CN2C[C@@]3(CCCc4cc(Cl)ccc43)COc3ccc(C(=O)O)cc32)C1. The number of carbonyl (C=O) groups is 1. The first kappa shape index (κ1) is 30.4. The van der Waals surface area contributed by atoms with E-state index in [1.54, 1.807) is 18.2 Å². The van der Waals surface area contributed by atoms with Gasteiger partial charge in [0.25, 0.3) is 0 Å². The van der Waals surface area contributed by atoms with E-state index in [1.165, 1.54) is 11.1 Å². The van der Waals surface area contributed by atoms with E-state index in [9.17, 15) is 23.4 Å². The molecular weight excluding hydrogens is 588 g/mol. The Morgan fingerprint density at radius 2 is 2.00 bits per heavy atom. The van der Waals surface area contributed by atoms with Crippen LogP contribution < -0.4 is 14.8 Å². The fourth-order valence-electron chi connectivity index (χ4n) is 7.87. The maximum Gasteiger partial charge on any atom is 0.335 e. The van der Waals surface area contributed by atoms with Crippen molar-refractivity contribution in [3.05, 3.63) is 70.3 Å². The maximum absolute atomic E-state index is 11.9. The molecular formula is C33H41ClN2O6S. The fraction of sp³-hybridized carbons (Fsp3) is 0.545. The number of fused-ring (bicyclic) bond motifs is 3. The van der Waals surface area contributed by atoms with Gasteiger partial charge in [-0.1, -0.05) is 36.2 Å². The molecule has 10 heteroatoms. The van der Waals surface area contributed by atoms with E-state index in [4.69, 9.17) is 21.5 Å². The van der Waals surface area contributed by atoms with Crippen LogP contribution >= 0.6 is 11.6 Å². The molecule has 2 fully saturated rings. The first-order chi connectivity index (χ1) is 20.5. The predicted molar refractivity (Wildman–Crippen MR) is 167 cm³/mol. The van der Waals surface area contributed by atoms with E-state index in [-0.39, 0.29) is 28.7 Å². The Labute approximate surface area is 258 Å². The van der Waals surface area contributed by atoms with Crippen molar-refractivity contribution in [3.8, 4) is 5.75 Å². The number of carboxylic acids is 1. The Morgan fingerprint density at radius 1 is 1.16 bits per heavy atom. The van der Waals surface area contributed by atoms with E-state index in [0.29, 0.717) is 38.3 Å². The number of hydrogen-bond donors (Lipinski definition) is 3. The van der Waals surface area contributed by atoms with E-state index in [0.717, 1.165) is 55.7 Å². The number of allylic oxidation sites excluding steroid dienone is 1. The van der Waals surface area contributed by atoms with Crippen molar-refractivity contribution in [2.24, 2.45) is 22.9 Å². The summed E-state index contributed by atoms with van der Waals surface area (Å²) in [4.78, 5) is 14.2. The second-order valence-corrected chi connectivity index (χ2v) is 15.4. The molecule has 1 heterocycles. The molecule has 4 aliphatic rings. The molecule has 232 valence electrons. The van der Waals surface area contributed by atoms with Crippen LogP contribution in [-0.2, 0) is 21.9 Å². The zero-order chi connectivity index (χ0) is 30.4. The predicted octanol–water partition coefficient (Wildman–Crippen LogP) is 5.30. The molecule has 1 unspecified atom stereocenters. The van der Waals surface area contributed by atoms with Gasteiger partial charge >= 0.3 is 5.97 Å². The largest absolute Gasteiger partial charge is 0.490 e. The van der Waals surface area contributed by atoms with Crippen LogP contribution in [0.5, 0.6) is 5.75 Å². The van der Waals surface area contributed by atoms with Gasteiger partial charge in [0.1, 0.15) is 5.75 Å². The average Bonchev–Trinajstić information content (AvgIpc) is 3.10. The number of carboxylic acid groups (broad SMARTS) is 1. The highest BCUT2D eigenvalue weighted by Gasteiger charge is 2.44. The van der Waals surface area contributed by atoms with Crippen LogP contribution in [0.15, 0.2) is 48.6 Å². The van der Waals surface area contributed by atoms with Gasteiger partial charge in [-0.3, -0.25) is 0 Å². The highest BCUT2D eigenvalue weighted by atomic mass is 35.5. The van der Waals surface area contributed by atoms with E-state index in [2.05, 4.69) is 17.0 Å². The van der Waals surface area contributed by atoms with E-state index < -0.39 is 27.3 Å². The van der Waals surface area contributed by atoms with Crippen molar-refractivity contribution in [3.63, 3.8) is 0 Å². The quantitative estimate of drug-likeness (QED) is 0.355. The second kappa shape index (κ2) is 12.1. The van der Waals surface area contributed by atoms with Crippen molar-refractivity contribution in [2.45, 2.75) is 74.6 Å². The summed E-state index contributed by atoms with van der Waals surface area (Å²) >= 11 is 6.37. The van der Waals surface area contributed by atoms with Crippen molar-refractivity contribution in [1.29, 1.82) is 0 Å². The number of aliphatic hydroxyl groups excluding tert-OH is 1. The van der Waals surface area contributed by atoms with Gasteiger partial charge in [0.2, 0.25) is 10.0 Å². The first-order valence-electron chi connectivity index (χ1n) is 15.4. The molecule has 6 atom stereocenters. The van der Waals surface area contributed by atoms with Crippen molar-refractivity contribution < 1.29 is 28.2 Å². The highest BCUT2D eigenvalue weighted by Crippen LogP contribution is 2.46. The van der Waals surface area contributed by atoms with Crippen molar-refractivity contribution >= 4 is 33.3 Å². The highest BCUT2D eigenvalue weighted by molar-refractivity contribution is 7.89. The number of nitrogens with zero attached hydrogens (tertiary/aromatic N) is 1. The Hall–Kier alpha value is -2.59. The minimum atomic E-state index is -3.56. The summed E-state index contributed by atoms with van der Waals surface area (Å²) in [7, 11) is -3.56. The van der Waals surface area contributed by atoms with E-state index >= 15 is 0 Å². The summed E-state index contributed by atoms with van der Waals surface area (Å²) in [5.74, 6) is 0.0781. The summed E-state index contributed by atoms with van der Waals surface area (Å²) in [6, 6.07) is 11.2. The number of anilines is 1. The molecule has 2 aromatic carbocycles.